The highest BCUT2D eigenvalue weighted by atomic mass is 127. The molecular formula is C11H11IN2O2. The van der Waals surface area contributed by atoms with Crippen LogP contribution in [-0.2, 0) is 6.42 Å². The molecule has 0 atom stereocenters. The molecule has 16 heavy (non-hydrogen) atoms. The van der Waals surface area contributed by atoms with Gasteiger partial charge >= 0.3 is 0 Å². The molecule has 0 fully saturated rings. The predicted octanol–water partition coefficient (Wildman–Crippen LogP) is 1.88. The topological polar surface area (TPSA) is 54.6 Å². The highest BCUT2D eigenvalue weighted by Crippen LogP contribution is 2.22. The van der Waals surface area contributed by atoms with Gasteiger partial charge in [-0.15, -0.1) is 0 Å². The summed E-state index contributed by atoms with van der Waals surface area (Å²) in [5, 5.41) is 9.84. The van der Waals surface area contributed by atoms with E-state index in [-0.39, 0.29) is 11.3 Å². The molecular weight excluding hydrogens is 319 g/mol. The number of aromatic nitrogens is 2. The van der Waals surface area contributed by atoms with E-state index >= 15 is 0 Å². The molecule has 0 unspecified atom stereocenters. The van der Waals surface area contributed by atoms with E-state index < -0.39 is 0 Å². The van der Waals surface area contributed by atoms with Crippen molar-refractivity contribution in [2.75, 3.05) is 0 Å². The lowest BCUT2D eigenvalue weighted by molar-refractivity contribution is 0.472. The van der Waals surface area contributed by atoms with E-state index in [1.807, 2.05) is 29.5 Å². The summed E-state index contributed by atoms with van der Waals surface area (Å²) in [6, 6.07) is 1.70. The van der Waals surface area contributed by atoms with Crippen molar-refractivity contribution in [3.8, 4) is 5.75 Å². The third-order valence-corrected chi connectivity index (χ3v) is 3.45. The SMILES string of the molecule is CCc1c(C)nc2c(O)c(I)ccn2c1=O. The van der Waals surface area contributed by atoms with Crippen LogP contribution in [0.1, 0.15) is 18.2 Å². The molecule has 0 saturated carbocycles. The molecule has 0 aliphatic rings. The molecule has 0 aliphatic heterocycles. The maximum atomic E-state index is 12.1. The van der Waals surface area contributed by atoms with Gasteiger partial charge in [0.2, 0.25) is 0 Å². The number of aryl methyl sites for hydroxylation is 1. The zero-order valence-corrected chi connectivity index (χ0v) is 11.1. The Labute approximate surface area is 106 Å². The average Bonchev–Trinajstić information content (AvgIpc) is 2.25. The average molecular weight is 330 g/mol. The highest BCUT2D eigenvalue weighted by Gasteiger charge is 2.11. The van der Waals surface area contributed by atoms with Crippen LogP contribution >= 0.6 is 22.6 Å². The van der Waals surface area contributed by atoms with Gasteiger partial charge in [0.1, 0.15) is 0 Å². The van der Waals surface area contributed by atoms with Gasteiger partial charge in [0.05, 0.1) is 3.57 Å². The quantitative estimate of drug-likeness (QED) is 0.813. The van der Waals surface area contributed by atoms with E-state index in [9.17, 15) is 9.90 Å². The van der Waals surface area contributed by atoms with Crippen LogP contribution in [0.2, 0.25) is 0 Å². The van der Waals surface area contributed by atoms with Crippen LogP contribution in [0, 0.1) is 10.5 Å². The summed E-state index contributed by atoms with van der Waals surface area (Å²) >= 11 is 2.01. The molecule has 0 bridgehead atoms. The molecule has 4 nitrogen and oxygen atoms in total. The second kappa shape index (κ2) is 4.04. The van der Waals surface area contributed by atoms with Gasteiger partial charge in [0.25, 0.3) is 5.56 Å². The first kappa shape index (κ1) is 11.4. The molecule has 0 radical (unpaired) electrons. The van der Waals surface area contributed by atoms with Crippen molar-refractivity contribution in [2.24, 2.45) is 0 Å². The van der Waals surface area contributed by atoms with Crippen LogP contribution in [0.3, 0.4) is 0 Å². The number of aromatic hydroxyl groups is 1. The Morgan fingerprint density at radius 3 is 2.88 bits per heavy atom. The van der Waals surface area contributed by atoms with E-state index in [2.05, 4.69) is 4.98 Å². The van der Waals surface area contributed by atoms with Crippen molar-refractivity contribution in [3.63, 3.8) is 0 Å². The van der Waals surface area contributed by atoms with Crippen molar-refractivity contribution in [3.05, 3.63) is 37.4 Å². The summed E-state index contributed by atoms with van der Waals surface area (Å²) in [5.41, 5.74) is 1.60. The summed E-state index contributed by atoms with van der Waals surface area (Å²) in [6.07, 6.45) is 2.29. The Morgan fingerprint density at radius 1 is 1.56 bits per heavy atom. The van der Waals surface area contributed by atoms with Crippen molar-refractivity contribution in [1.29, 1.82) is 0 Å². The maximum absolute atomic E-state index is 12.1. The summed E-state index contributed by atoms with van der Waals surface area (Å²) in [6.45, 7) is 3.71. The molecule has 5 heteroatoms. The van der Waals surface area contributed by atoms with Crippen LogP contribution in [0.4, 0.5) is 0 Å². The number of fused-ring (bicyclic) bond motifs is 1. The first-order valence-electron chi connectivity index (χ1n) is 4.95. The molecule has 2 aromatic heterocycles. The second-order valence-electron chi connectivity index (χ2n) is 3.54. The molecule has 2 heterocycles. The third kappa shape index (κ3) is 1.59. The second-order valence-corrected chi connectivity index (χ2v) is 4.70. The van der Waals surface area contributed by atoms with Crippen molar-refractivity contribution < 1.29 is 5.11 Å². The van der Waals surface area contributed by atoms with E-state index in [0.717, 1.165) is 0 Å². The fourth-order valence-corrected chi connectivity index (χ4v) is 2.12. The molecule has 0 saturated heterocycles. The number of halogens is 1. The Morgan fingerprint density at radius 2 is 2.25 bits per heavy atom. The zero-order chi connectivity index (χ0) is 11.9. The molecule has 2 aromatic rings. The normalized spacial score (nSPS) is 10.9. The maximum Gasteiger partial charge on any atom is 0.261 e. The first-order chi connectivity index (χ1) is 7.56. The Kier molecular flexibility index (Phi) is 2.88. The third-order valence-electron chi connectivity index (χ3n) is 2.58. The Balaban J connectivity index is 2.99. The standard InChI is InChI=1S/C11H11IN2O2/c1-3-7-6(2)13-10-9(15)8(12)4-5-14(10)11(7)16/h4-5,15H,3H2,1-2H3. The number of hydrogen-bond donors (Lipinski definition) is 1. The molecule has 0 spiro atoms. The van der Waals surface area contributed by atoms with Gasteiger partial charge in [-0.05, 0) is 42.0 Å². The van der Waals surface area contributed by atoms with E-state index in [4.69, 9.17) is 0 Å². The minimum absolute atomic E-state index is 0.0611. The highest BCUT2D eigenvalue weighted by molar-refractivity contribution is 14.1. The van der Waals surface area contributed by atoms with Gasteiger partial charge in [-0.2, -0.15) is 0 Å². The molecule has 0 aliphatic carbocycles. The summed E-state index contributed by atoms with van der Waals surface area (Å²) in [4.78, 5) is 16.3. The lowest BCUT2D eigenvalue weighted by Crippen LogP contribution is -2.21. The Hall–Kier alpha value is -1.11. The number of hydrogen-bond acceptors (Lipinski definition) is 3. The van der Waals surface area contributed by atoms with Gasteiger partial charge in [0, 0.05) is 17.5 Å². The number of nitrogens with zero attached hydrogens (tertiary/aromatic N) is 2. The molecule has 84 valence electrons. The largest absolute Gasteiger partial charge is 0.504 e. The molecule has 0 aromatic carbocycles. The van der Waals surface area contributed by atoms with Crippen LogP contribution < -0.4 is 5.56 Å². The summed E-state index contributed by atoms with van der Waals surface area (Å²) in [5.74, 6) is 0.0611. The monoisotopic (exact) mass is 330 g/mol. The molecule has 1 N–H and O–H groups in total. The van der Waals surface area contributed by atoms with E-state index in [1.165, 1.54) is 4.40 Å². The molecule has 2 rings (SSSR count). The minimum Gasteiger partial charge on any atom is -0.504 e. The van der Waals surface area contributed by atoms with Gasteiger partial charge in [0.15, 0.2) is 11.4 Å². The first-order valence-corrected chi connectivity index (χ1v) is 6.03. The van der Waals surface area contributed by atoms with Crippen molar-refractivity contribution in [1.82, 2.24) is 9.38 Å². The van der Waals surface area contributed by atoms with Gasteiger partial charge in [-0.3, -0.25) is 9.20 Å². The smallest absolute Gasteiger partial charge is 0.261 e. The van der Waals surface area contributed by atoms with Crippen LogP contribution in [0.15, 0.2) is 17.1 Å². The molecule has 0 amide bonds. The van der Waals surface area contributed by atoms with Gasteiger partial charge < -0.3 is 5.11 Å². The van der Waals surface area contributed by atoms with E-state index in [1.54, 1.807) is 19.2 Å². The number of pyridine rings is 1. The van der Waals surface area contributed by atoms with Crippen LogP contribution in [0.5, 0.6) is 5.75 Å². The van der Waals surface area contributed by atoms with Crippen molar-refractivity contribution in [2.45, 2.75) is 20.3 Å². The summed E-state index contributed by atoms with van der Waals surface area (Å²) < 4.78 is 2.08. The Bertz CT molecular complexity index is 619. The van der Waals surface area contributed by atoms with Gasteiger partial charge in [-0.1, -0.05) is 6.92 Å². The number of rotatable bonds is 1. The van der Waals surface area contributed by atoms with Crippen LogP contribution in [0.25, 0.3) is 5.65 Å². The van der Waals surface area contributed by atoms with E-state index in [0.29, 0.717) is 26.9 Å². The minimum atomic E-state index is -0.100. The predicted molar refractivity (Wildman–Crippen MR) is 70.0 cm³/mol. The lowest BCUT2D eigenvalue weighted by atomic mass is 10.2. The fourth-order valence-electron chi connectivity index (χ4n) is 1.71. The lowest BCUT2D eigenvalue weighted by Gasteiger charge is -2.08. The summed E-state index contributed by atoms with van der Waals surface area (Å²) in [7, 11) is 0. The zero-order valence-electron chi connectivity index (χ0n) is 8.99. The van der Waals surface area contributed by atoms with Gasteiger partial charge in [-0.25, -0.2) is 4.98 Å². The van der Waals surface area contributed by atoms with Crippen molar-refractivity contribution >= 4 is 28.2 Å². The fraction of sp³-hybridized carbons (Fsp3) is 0.273. The van der Waals surface area contributed by atoms with Crippen LogP contribution in [-0.4, -0.2) is 14.5 Å².